The van der Waals surface area contributed by atoms with Gasteiger partial charge in [-0.1, -0.05) is 48.5 Å². The average Bonchev–Trinajstić information content (AvgIpc) is 2.38. The molecule has 0 atom stereocenters. The molecule has 0 radical (unpaired) electrons. The predicted octanol–water partition coefficient (Wildman–Crippen LogP) is 2.85. The van der Waals surface area contributed by atoms with Crippen molar-refractivity contribution in [1.29, 1.82) is 0 Å². The molecule has 1 amide bonds. The van der Waals surface area contributed by atoms with Gasteiger partial charge in [-0.25, -0.2) is 0 Å². The van der Waals surface area contributed by atoms with Crippen LogP contribution >= 0.6 is 0 Å². The second-order valence-corrected chi connectivity index (χ2v) is 3.73. The maximum Gasteiger partial charge on any atom is 0.241 e. The van der Waals surface area contributed by atoms with Crippen LogP contribution < -0.4 is 5.73 Å². The number of nitrogens with two attached hydrogens (primary N) is 1. The van der Waals surface area contributed by atoms with Crippen molar-refractivity contribution in [3.63, 3.8) is 0 Å². The van der Waals surface area contributed by atoms with Crippen molar-refractivity contribution in [1.82, 2.24) is 0 Å². The Balaban J connectivity index is 2.32. The molecule has 0 fully saturated rings. The molecule has 0 aromatic heterocycles. The van der Waals surface area contributed by atoms with E-state index in [0.29, 0.717) is 0 Å². The first-order valence-corrected chi connectivity index (χ1v) is 5.39. The van der Waals surface area contributed by atoms with Crippen molar-refractivity contribution >= 4 is 12.0 Å². The minimum Gasteiger partial charge on any atom is -0.366 e. The summed E-state index contributed by atoms with van der Waals surface area (Å²) in [5.41, 5.74) is 8.30. The van der Waals surface area contributed by atoms with E-state index in [1.165, 1.54) is 6.08 Å². The van der Waals surface area contributed by atoms with E-state index in [9.17, 15) is 4.79 Å². The molecule has 0 saturated carbocycles. The Hall–Kier alpha value is -2.35. The lowest BCUT2D eigenvalue weighted by molar-refractivity contribution is -0.113. The van der Waals surface area contributed by atoms with Crippen LogP contribution in [0.4, 0.5) is 0 Å². The van der Waals surface area contributed by atoms with Crippen LogP contribution in [-0.2, 0) is 4.79 Å². The second-order valence-electron chi connectivity index (χ2n) is 3.73. The van der Waals surface area contributed by atoms with Crippen LogP contribution in [0.1, 0.15) is 5.56 Å². The Morgan fingerprint density at radius 3 is 2.35 bits per heavy atom. The first-order chi connectivity index (χ1) is 8.25. The lowest BCUT2D eigenvalue weighted by atomic mass is 10.0. The Morgan fingerprint density at radius 2 is 1.65 bits per heavy atom. The molecule has 0 heterocycles. The summed E-state index contributed by atoms with van der Waals surface area (Å²) in [5, 5.41) is 0. The van der Waals surface area contributed by atoms with Gasteiger partial charge in [0.2, 0.25) is 5.91 Å². The summed E-state index contributed by atoms with van der Waals surface area (Å²) >= 11 is 0. The summed E-state index contributed by atoms with van der Waals surface area (Å²) in [6, 6.07) is 18.1. The van der Waals surface area contributed by atoms with Crippen LogP contribution in [0.2, 0.25) is 0 Å². The van der Waals surface area contributed by atoms with Gasteiger partial charge in [0, 0.05) is 6.08 Å². The quantitative estimate of drug-likeness (QED) is 0.799. The molecule has 17 heavy (non-hydrogen) atoms. The van der Waals surface area contributed by atoms with Crippen molar-refractivity contribution in [2.45, 2.75) is 0 Å². The van der Waals surface area contributed by atoms with Gasteiger partial charge in [-0.15, -0.1) is 0 Å². The van der Waals surface area contributed by atoms with E-state index in [-0.39, 0.29) is 0 Å². The first kappa shape index (κ1) is 11.1. The molecule has 0 aliphatic carbocycles. The highest BCUT2D eigenvalue weighted by molar-refractivity contribution is 5.90. The summed E-state index contributed by atoms with van der Waals surface area (Å²) in [6.07, 6.45) is 3.08. The Bertz CT molecular complexity index is 544. The first-order valence-electron chi connectivity index (χ1n) is 5.39. The van der Waals surface area contributed by atoms with Crippen LogP contribution in [0.5, 0.6) is 0 Å². The number of hydrogen-bond acceptors (Lipinski definition) is 1. The van der Waals surface area contributed by atoms with Crippen LogP contribution in [0.25, 0.3) is 17.2 Å². The number of benzene rings is 2. The fourth-order valence-corrected chi connectivity index (χ4v) is 1.63. The SMILES string of the molecule is NC(=O)C=Cc1cccc(-c2ccccc2)c1. The van der Waals surface area contributed by atoms with Gasteiger partial charge in [0.1, 0.15) is 0 Å². The molecule has 0 bridgehead atoms. The molecule has 2 nitrogen and oxygen atoms in total. The number of rotatable bonds is 3. The largest absolute Gasteiger partial charge is 0.366 e. The van der Waals surface area contributed by atoms with Gasteiger partial charge in [0.05, 0.1) is 0 Å². The molecule has 0 saturated heterocycles. The molecule has 2 rings (SSSR count). The van der Waals surface area contributed by atoms with Crippen LogP contribution in [0.3, 0.4) is 0 Å². The highest BCUT2D eigenvalue weighted by atomic mass is 16.1. The average molecular weight is 223 g/mol. The summed E-state index contributed by atoms with van der Waals surface area (Å²) in [4.78, 5) is 10.7. The minimum absolute atomic E-state index is 0.435. The Labute approximate surface area is 100 Å². The Kier molecular flexibility index (Phi) is 3.36. The maximum absolute atomic E-state index is 10.7. The van der Waals surface area contributed by atoms with E-state index in [4.69, 9.17) is 5.73 Å². The third kappa shape index (κ3) is 3.05. The molecule has 0 aliphatic rings. The van der Waals surface area contributed by atoms with Gasteiger partial charge in [0.25, 0.3) is 0 Å². The number of primary amides is 1. The third-order valence-corrected chi connectivity index (χ3v) is 2.43. The number of carbonyl (C=O) groups excluding carboxylic acids is 1. The van der Waals surface area contributed by atoms with Crippen molar-refractivity contribution < 1.29 is 4.79 Å². The van der Waals surface area contributed by atoms with Gasteiger partial charge >= 0.3 is 0 Å². The van der Waals surface area contributed by atoms with Crippen molar-refractivity contribution in [3.05, 3.63) is 66.2 Å². The van der Waals surface area contributed by atoms with Gasteiger partial charge in [0.15, 0.2) is 0 Å². The zero-order valence-corrected chi connectivity index (χ0v) is 9.34. The van der Waals surface area contributed by atoms with Crippen molar-refractivity contribution in [2.24, 2.45) is 5.73 Å². The van der Waals surface area contributed by atoms with Gasteiger partial charge in [-0.3, -0.25) is 4.79 Å². The molecule has 0 aliphatic heterocycles. The van der Waals surface area contributed by atoms with Gasteiger partial charge in [-0.05, 0) is 28.8 Å². The standard InChI is InChI=1S/C15H13NO/c16-15(17)10-9-12-5-4-8-14(11-12)13-6-2-1-3-7-13/h1-11H,(H2,16,17). The highest BCUT2D eigenvalue weighted by Crippen LogP contribution is 2.20. The molecule has 0 unspecified atom stereocenters. The van der Waals surface area contributed by atoms with E-state index in [0.717, 1.165) is 16.7 Å². The van der Waals surface area contributed by atoms with E-state index in [1.54, 1.807) is 6.08 Å². The van der Waals surface area contributed by atoms with Gasteiger partial charge < -0.3 is 5.73 Å². The second kappa shape index (κ2) is 5.12. The minimum atomic E-state index is -0.435. The van der Waals surface area contributed by atoms with Crippen LogP contribution in [-0.4, -0.2) is 5.91 Å². The summed E-state index contributed by atoms with van der Waals surface area (Å²) in [5.74, 6) is -0.435. The number of amides is 1. The number of carbonyl (C=O) groups is 1. The normalized spacial score (nSPS) is 10.6. The molecule has 2 N–H and O–H groups in total. The summed E-state index contributed by atoms with van der Waals surface area (Å²) < 4.78 is 0. The molecular formula is C15H13NO. The summed E-state index contributed by atoms with van der Waals surface area (Å²) in [7, 11) is 0. The molecule has 2 aromatic rings. The zero-order chi connectivity index (χ0) is 12.1. The molecule has 2 heteroatoms. The van der Waals surface area contributed by atoms with E-state index in [2.05, 4.69) is 12.1 Å². The topological polar surface area (TPSA) is 43.1 Å². The fraction of sp³-hybridized carbons (Fsp3) is 0. The molecule has 84 valence electrons. The van der Waals surface area contributed by atoms with Gasteiger partial charge in [-0.2, -0.15) is 0 Å². The maximum atomic E-state index is 10.7. The van der Waals surface area contributed by atoms with Crippen molar-refractivity contribution in [2.75, 3.05) is 0 Å². The van der Waals surface area contributed by atoms with Crippen molar-refractivity contribution in [3.8, 4) is 11.1 Å². The van der Waals surface area contributed by atoms with Crippen LogP contribution in [0.15, 0.2) is 60.7 Å². The fourth-order valence-electron chi connectivity index (χ4n) is 1.63. The Morgan fingerprint density at radius 1 is 0.941 bits per heavy atom. The van der Waals surface area contributed by atoms with E-state index < -0.39 is 5.91 Å². The van der Waals surface area contributed by atoms with E-state index >= 15 is 0 Å². The summed E-state index contributed by atoms with van der Waals surface area (Å²) in [6.45, 7) is 0. The molecule has 2 aromatic carbocycles. The highest BCUT2D eigenvalue weighted by Gasteiger charge is 1.96. The monoisotopic (exact) mass is 223 g/mol. The van der Waals surface area contributed by atoms with Crippen LogP contribution in [0, 0.1) is 0 Å². The smallest absolute Gasteiger partial charge is 0.241 e. The number of hydrogen-bond donors (Lipinski definition) is 1. The van der Waals surface area contributed by atoms with E-state index in [1.807, 2.05) is 42.5 Å². The lowest BCUT2D eigenvalue weighted by Gasteiger charge is -2.02. The molecular weight excluding hydrogens is 210 g/mol. The third-order valence-electron chi connectivity index (χ3n) is 2.43. The predicted molar refractivity (Wildman–Crippen MR) is 70.1 cm³/mol. The lowest BCUT2D eigenvalue weighted by Crippen LogP contribution is -2.05. The zero-order valence-electron chi connectivity index (χ0n) is 9.34. The molecule has 0 spiro atoms.